The first-order valence-electron chi connectivity index (χ1n) is 6.59. The maximum absolute atomic E-state index is 13.3. The van der Waals surface area contributed by atoms with Crippen molar-refractivity contribution in [3.8, 4) is 0 Å². The first-order chi connectivity index (χ1) is 9.33. The highest BCUT2D eigenvalue weighted by atomic mass is 19.1. The molecule has 0 amide bonds. The zero-order valence-electron chi connectivity index (χ0n) is 10.7. The summed E-state index contributed by atoms with van der Waals surface area (Å²) in [4.78, 5) is 2.23. The van der Waals surface area contributed by atoms with Crippen LogP contribution in [0.4, 0.5) is 10.1 Å². The molecule has 3 nitrogen and oxygen atoms in total. The van der Waals surface area contributed by atoms with E-state index in [0.29, 0.717) is 0 Å². The second kappa shape index (κ2) is 5.45. The molecule has 3 rings (SSSR count). The molecule has 0 spiro atoms. The van der Waals surface area contributed by atoms with Crippen LogP contribution in [0.5, 0.6) is 0 Å². The average molecular weight is 260 g/mol. The minimum atomic E-state index is -0.158. The van der Waals surface area contributed by atoms with Gasteiger partial charge in [0.1, 0.15) is 11.6 Å². The lowest BCUT2D eigenvalue weighted by Crippen LogP contribution is -2.30. The van der Waals surface area contributed by atoms with Gasteiger partial charge in [-0.2, -0.15) is 0 Å². The monoisotopic (exact) mass is 260 g/mol. The molecule has 1 N–H and O–H groups in total. The Morgan fingerprint density at radius 3 is 3.11 bits per heavy atom. The Hall–Kier alpha value is -1.81. The van der Waals surface area contributed by atoms with E-state index in [9.17, 15) is 4.39 Å². The predicted octanol–water partition coefficient (Wildman–Crippen LogP) is 2.57. The molecule has 19 heavy (non-hydrogen) atoms. The summed E-state index contributed by atoms with van der Waals surface area (Å²) in [5, 5.41) is 3.33. The molecule has 0 unspecified atom stereocenters. The first kappa shape index (κ1) is 12.2. The van der Waals surface area contributed by atoms with E-state index in [2.05, 4.69) is 10.2 Å². The molecule has 1 aromatic carbocycles. The Kier molecular flexibility index (Phi) is 3.51. The summed E-state index contributed by atoms with van der Waals surface area (Å²) in [7, 11) is 0. The smallest absolute Gasteiger partial charge is 0.125 e. The van der Waals surface area contributed by atoms with Crippen molar-refractivity contribution in [3.63, 3.8) is 0 Å². The molecular weight excluding hydrogens is 243 g/mol. The van der Waals surface area contributed by atoms with E-state index in [1.165, 1.54) is 11.6 Å². The highest BCUT2D eigenvalue weighted by Gasteiger charge is 2.18. The summed E-state index contributed by atoms with van der Waals surface area (Å²) >= 11 is 0. The third-order valence-electron chi connectivity index (χ3n) is 3.48. The topological polar surface area (TPSA) is 28.4 Å². The number of halogens is 1. The van der Waals surface area contributed by atoms with Gasteiger partial charge in [-0.1, -0.05) is 6.07 Å². The van der Waals surface area contributed by atoms with Gasteiger partial charge >= 0.3 is 0 Å². The molecule has 2 aromatic rings. The number of anilines is 1. The lowest BCUT2D eigenvalue weighted by atomic mass is 10.2. The van der Waals surface area contributed by atoms with Crippen molar-refractivity contribution in [2.24, 2.45) is 0 Å². The van der Waals surface area contributed by atoms with Gasteiger partial charge in [0, 0.05) is 25.3 Å². The van der Waals surface area contributed by atoms with Crippen LogP contribution in [-0.4, -0.2) is 19.6 Å². The number of furan rings is 1. The molecule has 1 aliphatic rings. The zero-order chi connectivity index (χ0) is 13.1. The van der Waals surface area contributed by atoms with Gasteiger partial charge in [0.05, 0.1) is 12.8 Å². The molecule has 0 atom stereocenters. The van der Waals surface area contributed by atoms with Crippen LogP contribution in [0.1, 0.15) is 11.3 Å². The average Bonchev–Trinajstić information content (AvgIpc) is 3.04. The van der Waals surface area contributed by atoms with Gasteiger partial charge in [0.25, 0.3) is 0 Å². The van der Waals surface area contributed by atoms with Gasteiger partial charge < -0.3 is 14.6 Å². The Labute approximate surface area is 112 Å². The summed E-state index contributed by atoms with van der Waals surface area (Å²) in [6.45, 7) is 3.45. The maximum Gasteiger partial charge on any atom is 0.125 e. The van der Waals surface area contributed by atoms with Gasteiger partial charge in [0.2, 0.25) is 0 Å². The van der Waals surface area contributed by atoms with Crippen molar-refractivity contribution in [1.82, 2.24) is 5.32 Å². The molecule has 2 heterocycles. The number of hydrogen-bond acceptors (Lipinski definition) is 3. The number of nitrogens with one attached hydrogen (secondary N) is 1. The predicted molar refractivity (Wildman–Crippen MR) is 72.7 cm³/mol. The molecule has 0 aliphatic carbocycles. The largest absolute Gasteiger partial charge is 0.468 e. The molecule has 0 saturated heterocycles. The molecule has 4 heteroatoms. The van der Waals surface area contributed by atoms with E-state index in [0.717, 1.165) is 44.0 Å². The number of benzene rings is 1. The molecule has 100 valence electrons. The quantitative estimate of drug-likeness (QED) is 0.838. The molecule has 0 bridgehead atoms. The van der Waals surface area contributed by atoms with Crippen molar-refractivity contribution in [3.05, 3.63) is 53.7 Å². The second-order valence-electron chi connectivity index (χ2n) is 4.77. The normalized spacial score (nSPS) is 13.8. The molecular formula is C15H17FN2O. The van der Waals surface area contributed by atoms with Crippen molar-refractivity contribution < 1.29 is 8.81 Å². The third kappa shape index (κ3) is 2.79. The molecule has 1 aliphatic heterocycles. The van der Waals surface area contributed by atoms with Gasteiger partial charge in [-0.25, -0.2) is 4.39 Å². The van der Waals surface area contributed by atoms with Crippen molar-refractivity contribution in [1.29, 1.82) is 0 Å². The number of fused-ring (bicyclic) bond motifs is 1. The third-order valence-corrected chi connectivity index (χ3v) is 3.48. The highest BCUT2D eigenvalue weighted by molar-refractivity contribution is 5.58. The van der Waals surface area contributed by atoms with E-state index in [-0.39, 0.29) is 5.82 Å². The van der Waals surface area contributed by atoms with Crippen LogP contribution in [0.15, 0.2) is 41.0 Å². The van der Waals surface area contributed by atoms with Crippen LogP contribution in [0, 0.1) is 5.82 Å². The Morgan fingerprint density at radius 2 is 2.26 bits per heavy atom. The van der Waals surface area contributed by atoms with Crippen LogP contribution in [-0.2, 0) is 13.0 Å². The maximum atomic E-state index is 13.3. The minimum Gasteiger partial charge on any atom is -0.468 e. The second-order valence-corrected chi connectivity index (χ2v) is 4.77. The SMILES string of the molecule is Fc1ccc2c(c1)N(CCNCc1ccco1)CC2. The number of rotatable bonds is 5. The lowest BCUT2D eigenvalue weighted by Gasteiger charge is -2.19. The fourth-order valence-electron chi connectivity index (χ4n) is 2.49. The van der Waals surface area contributed by atoms with Crippen LogP contribution in [0.3, 0.4) is 0 Å². The van der Waals surface area contributed by atoms with E-state index in [4.69, 9.17) is 4.42 Å². The molecule has 1 aromatic heterocycles. The molecule has 0 saturated carbocycles. The highest BCUT2D eigenvalue weighted by Crippen LogP contribution is 2.28. The molecule has 0 fully saturated rings. The van der Waals surface area contributed by atoms with Crippen molar-refractivity contribution in [2.45, 2.75) is 13.0 Å². The van der Waals surface area contributed by atoms with Gasteiger partial charge in [-0.15, -0.1) is 0 Å². The first-order valence-corrected chi connectivity index (χ1v) is 6.59. The summed E-state index contributed by atoms with van der Waals surface area (Å²) in [5.74, 6) is 0.780. The number of hydrogen-bond donors (Lipinski definition) is 1. The van der Waals surface area contributed by atoms with E-state index in [1.807, 2.05) is 18.2 Å². The Morgan fingerprint density at radius 1 is 1.32 bits per heavy atom. The Bertz CT molecular complexity index is 539. The number of nitrogens with zero attached hydrogens (tertiary/aromatic N) is 1. The summed E-state index contributed by atoms with van der Waals surface area (Å²) in [6.07, 6.45) is 2.68. The summed E-state index contributed by atoms with van der Waals surface area (Å²) in [5.41, 5.74) is 2.28. The summed E-state index contributed by atoms with van der Waals surface area (Å²) < 4.78 is 18.5. The Balaban J connectivity index is 1.51. The summed E-state index contributed by atoms with van der Waals surface area (Å²) in [6, 6.07) is 8.90. The fraction of sp³-hybridized carbons (Fsp3) is 0.333. The van der Waals surface area contributed by atoms with Crippen molar-refractivity contribution >= 4 is 5.69 Å². The zero-order valence-corrected chi connectivity index (χ0v) is 10.7. The van der Waals surface area contributed by atoms with Crippen LogP contribution in [0.2, 0.25) is 0 Å². The van der Waals surface area contributed by atoms with Gasteiger partial charge in [-0.05, 0) is 36.2 Å². The van der Waals surface area contributed by atoms with Crippen LogP contribution in [0.25, 0.3) is 0 Å². The van der Waals surface area contributed by atoms with E-state index in [1.54, 1.807) is 12.3 Å². The van der Waals surface area contributed by atoms with E-state index < -0.39 is 0 Å². The lowest BCUT2D eigenvalue weighted by molar-refractivity contribution is 0.484. The standard InChI is InChI=1S/C15H17FN2O/c16-13-4-3-12-5-7-18(15(12)10-13)8-6-17-11-14-2-1-9-19-14/h1-4,9-10,17H,5-8,11H2. The minimum absolute atomic E-state index is 0.158. The van der Waals surface area contributed by atoms with Crippen LogP contribution >= 0.6 is 0 Å². The molecule has 0 radical (unpaired) electrons. The van der Waals surface area contributed by atoms with Crippen LogP contribution < -0.4 is 10.2 Å². The van der Waals surface area contributed by atoms with Gasteiger partial charge in [0.15, 0.2) is 0 Å². The fourth-order valence-corrected chi connectivity index (χ4v) is 2.49. The van der Waals surface area contributed by atoms with Gasteiger partial charge in [-0.3, -0.25) is 0 Å². The van der Waals surface area contributed by atoms with E-state index >= 15 is 0 Å². The van der Waals surface area contributed by atoms with Crippen molar-refractivity contribution in [2.75, 3.05) is 24.5 Å².